The van der Waals surface area contributed by atoms with Gasteiger partial charge in [0, 0.05) is 0 Å². The molecule has 0 atom stereocenters. The van der Waals surface area contributed by atoms with E-state index in [0.29, 0.717) is 0 Å². The van der Waals surface area contributed by atoms with Crippen molar-refractivity contribution in [1.29, 1.82) is 0 Å². The van der Waals surface area contributed by atoms with Gasteiger partial charge < -0.3 is 0 Å². The molecule has 12 heavy (non-hydrogen) atoms. The van der Waals surface area contributed by atoms with E-state index in [-0.39, 0.29) is 60.8 Å². The van der Waals surface area contributed by atoms with Gasteiger partial charge in [-0.15, -0.1) is 20.5 Å². The zero-order valence-corrected chi connectivity index (χ0v) is 10.6. The maximum atomic E-state index is 8.49. The minimum absolute atomic E-state index is 0. The third-order valence-corrected chi connectivity index (χ3v) is 0. The van der Waals surface area contributed by atoms with Gasteiger partial charge in [0.15, 0.2) is 0 Å². The molecule has 64 valence electrons. The quantitative estimate of drug-likeness (QED) is 0.385. The second kappa shape index (κ2) is 9.83. The van der Waals surface area contributed by atoms with Crippen molar-refractivity contribution in [2.75, 3.05) is 0 Å². The first-order valence-corrected chi connectivity index (χ1v) is 3.70. The molecule has 8 nitrogen and oxygen atoms in total. The number of rotatable bonds is 0. The molecule has 0 saturated heterocycles. The van der Waals surface area contributed by atoms with Gasteiger partial charge in [-0.3, -0.25) is 0 Å². The van der Waals surface area contributed by atoms with Gasteiger partial charge in [-0.05, 0) is 0 Å². The standard InChI is InChI=1S/Ca.2ClHO4.Mg/c;2*2-1(3,4)5;/h;2*(H,2,3,4,5);/q+2;;;+2/p-2. The molecule has 12 heteroatoms. The molecule has 0 aromatic carbocycles. The van der Waals surface area contributed by atoms with Crippen LogP contribution >= 0.6 is 0 Å². The van der Waals surface area contributed by atoms with Crippen LogP contribution in [-0.2, 0) is 0 Å². The van der Waals surface area contributed by atoms with Crippen LogP contribution in [0.1, 0.15) is 0 Å². The second-order valence-corrected chi connectivity index (χ2v) is 2.27. The fourth-order valence-corrected chi connectivity index (χ4v) is 0. The first-order valence-electron chi connectivity index (χ1n) is 1.23. The molecular formula is CaCl2MgO8+2. The third-order valence-electron chi connectivity index (χ3n) is 0. The van der Waals surface area contributed by atoms with Crippen LogP contribution in [0.25, 0.3) is 0 Å². The molecule has 0 rings (SSSR count). The Balaban J connectivity index is -0.0000000457. The Morgan fingerprint density at radius 2 is 0.500 bits per heavy atom. The molecule has 0 unspecified atom stereocenters. The summed E-state index contributed by atoms with van der Waals surface area (Å²) >= 11 is 0. The number of halogens is 2. The van der Waals surface area contributed by atoms with E-state index in [2.05, 4.69) is 0 Å². The molecule has 0 aliphatic rings. The van der Waals surface area contributed by atoms with E-state index in [1.807, 2.05) is 0 Å². The van der Waals surface area contributed by atoms with Crippen LogP contribution in [0.15, 0.2) is 0 Å². The van der Waals surface area contributed by atoms with E-state index in [4.69, 9.17) is 37.3 Å². The molecule has 0 bridgehead atoms. The maximum absolute atomic E-state index is 8.49. The van der Waals surface area contributed by atoms with Crippen LogP contribution in [0.4, 0.5) is 0 Å². The average Bonchev–Trinajstić information content (AvgIpc) is 1.12. The smallest absolute Gasteiger partial charge is 0.222 e. The minimum Gasteiger partial charge on any atom is -0.222 e. The number of hydrogen-bond acceptors (Lipinski definition) is 8. The molecule has 0 aromatic heterocycles. The Labute approximate surface area is 117 Å². The van der Waals surface area contributed by atoms with Crippen molar-refractivity contribution in [3.05, 3.63) is 0 Å². The van der Waals surface area contributed by atoms with E-state index in [1.54, 1.807) is 0 Å². The van der Waals surface area contributed by atoms with Crippen molar-refractivity contribution in [3.8, 4) is 0 Å². The van der Waals surface area contributed by atoms with E-state index >= 15 is 0 Å². The summed E-state index contributed by atoms with van der Waals surface area (Å²) in [7, 11) is -9.89. The molecule has 0 spiro atoms. The van der Waals surface area contributed by atoms with Crippen molar-refractivity contribution >= 4 is 60.8 Å². The first-order chi connectivity index (χ1) is 4.00. The molecule has 0 aliphatic heterocycles. The van der Waals surface area contributed by atoms with Gasteiger partial charge in [-0.25, -0.2) is 37.3 Å². The SMILES string of the molecule is [Ca+2].[Mg+2].[O-][Cl+3]([O-])([O-])[O-].[O-][Cl+3]([O-])([O-])[O-]. The predicted molar refractivity (Wildman–Crippen MR) is 11.5 cm³/mol. The van der Waals surface area contributed by atoms with Gasteiger partial charge in [0.25, 0.3) is 0 Å². The fourth-order valence-electron chi connectivity index (χ4n) is 0. The molecule has 0 fully saturated rings. The zero-order chi connectivity index (χ0) is 9.00. The van der Waals surface area contributed by atoms with E-state index in [9.17, 15) is 0 Å². The van der Waals surface area contributed by atoms with E-state index in [0.717, 1.165) is 0 Å². The van der Waals surface area contributed by atoms with Crippen molar-refractivity contribution in [2.45, 2.75) is 0 Å². The van der Waals surface area contributed by atoms with Crippen LogP contribution in [-0.4, -0.2) is 60.8 Å². The van der Waals surface area contributed by atoms with Crippen molar-refractivity contribution < 1.29 is 57.8 Å². The van der Waals surface area contributed by atoms with Crippen LogP contribution in [0, 0.1) is 20.5 Å². The molecule has 0 radical (unpaired) electrons. The fraction of sp³-hybridized carbons (Fsp3) is 0. The molecule has 0 saturated carbocycles. The Morgan fingerprint density at radius 3 is 0.500 bits per heavy atom. The Bertz CT molecular complexity index is 60.0. The van der Waals surface area contributed by atoms with Gasteiger partial charge >= 0.3 is 60.8 Å². The zero-order valence-electron chi connectivity index (χ0n) is 5.44. The predicted octanol–water partition coefficient (Wildman–Crippen LogP) is -10.3. The number of hydrogen-bond donors (Lipinski definition) is 0. The topological polar surface area (TPSA) is 184 Å². The normalized spacial score (nSPS) is 10.0. The van der Waals surface area contributed by atoms with Crippen molar-refractivity contribution in [1.82, 2.24) is 0 Å². The Morgan fingerprint density at radius 1 is 0.500 bits per heavy atom. The van der Waals surface area contributed by atoms with Gasteiger partial charge in [0.1, 0.15) is 0 Å². The largest absolute Gasteiger partial charge is 2.00 e. The molecule has 0 aliphatic carbocycles. The van der Waals surface area contributed by atoms with Crippen molar-refractivity contribution in [2.24, 2.45) is 0 Å². The molecule has 0 aromatic rings. The first kappa shape index (κ1) is 23.8. The maximum Gasteiger partial charge on any atom is 2.00 e. The Hall–Kier alpha value is 2.29. The van der Waals surface area contributed by atoms with Gasteiger partial charge in [0.05, 0.1) is 0 Å². The van der Waals surface area contributed by atoms with Crippen LogP contribution in [0.5, 0.6) is 0 Å². The Kier molecular flexibility index (Phi) is 19.5. The van der Waals surface area contributed by atoms with Crippen LogP contribution in [0.3, 0.4) is 0 Å². The summed E-state index contributed by atoms with van der Waals surface area (Å²) in [6.07, 6.45) is 0. The minimum atomic E-state index is -4.94. The third kappa shape index (κ3) is 299. The van der Waals surface area contributed by atoms with Crippen molar-refractivity contribution in [3.63, 3.8) is 0 Å². The summed E-state index contributed by atoms with van der Waals surface area (Å²) in [6.45, 7) is 0. The summed E-state index contributed by atoms with van der Waals surface area (Å²) < 4.78 is 67.9. The summed E-state index contributed by atoms with van der Waals surface area (Å²) in [5, 5.41) is 0. The van der Waals surface area contributed by atoms with Gasteiger partial charge in [-0.2, -0.15) is 0 Å². The summed E-state index contributed by atoms with van der Waals surface area (Å²) in [4.78, 5) is 0. The average molecular weight is 263 g/mol. The molecular weight excluding hydrogens is 263 g/mol. The summed E-state index contributed by atoms with van der Waals surface area (Å²) in [6, 6.07) is 0. The monoisotopic (exact) mass is 262 g/mol. The van der Waals surface area contributed by atoms with E-state index in [1.165, 1.54) is 0 Å². The summed E-state index contributed by atoms with van der Waals surface area (Å²) in [5.74, 6) is 0. The molecule has 0 heterocycles. The van der Waals surface area contributed by atoms with Gasteiger partial charge in [0.2, 0.25) is 0 Å². The van der Waals surface area contributed by atoms with Crippen LogP contribution in [0.2, 0.25) is 0 Å². The molecule has 0 N–H and O–H groups in total. The summed E-state index contributed by atoms with van der Waals surface area (Å²) in [5.41, 5.74) is 0. The van der Waals surface area contributed by atoms with Gasteiger partial charge in [-0.1, -0.05) is 0 Å². The van der Waals surface area contributed by atoms with E-state index < -0.39 is 20.5 Å². The van der Waals surface area contributed by atoms with Crippen LogP contribution < -0.4 is 37.3 Å². The second-order valence-electron chi connectivity index (χ2n) is 0.756. The molecule has 0 amide bonds.